The van der Waals surface area contributed by atoms with Crippen molar-refractivity contribution in [3.05, 3.63) is 0 Å². The number of carboxylic acids is 12. The van der Waals surface area contributed by atoms with Crippen LogP contribution in [0.1, 0.15) is 27.7 Å². The molecule has 4 rings (SSSR count). The lowest BCUT2D eigenvalue weighted by molar-refractivity contribution is -0.308. The van der Waals surface area contributed by atoms with E-state index in [9.17, 15) is 157 Å². The van der Waals surface area contributed by atoms with Crippen LogP contribution in [0.25, 0.3) is 0 Å². The van der Waals surface area contributed by atoms with E-state index in [0.717, 1.165) is 0 Å². The zero-order valence-electron chi connectivity index (χ0n) is 77.8. The van der Waals surface area contributed by atoms with Crippen molar-refractivity contribution >= 4 is 119 Å². The van der Waals surface area contributed by atoms with Gasteiger partial charge in [-0.25, -0.2) is 0 Å². The number of aliphatic carboxylic acids is 12. The molecule has 0 spiro atoms. The van der Waals surface area contributed by atoms with Gasteiger partial charge in [-0.2, -0.15) is 0 Å². The van der Waals surface area contributed by atoms with Gasteiger partial charge in [0.2, 0.25) is 47.3 Å². The Morgan fingerprint density at radius 2 is 0.285 bits per heavy atom. The summed E-state index contributed by atoms with van der Waals surface area (Å²) < 4.78 is 0. The zero-order valence-corrected chi connectivity index (χ0v) is 77.8. The second-order valence-corrected chi connectivity index (χ2v) is 34.1. The molecule has 4 heterocycles. The second-order valence-electron chi connectivity index (χ2n) is 34.1. The van der Waals surface area contributed by atoms with E-state index in [-0.39, 0.29) is 209 Å². The van der Waals surface area contributed by atoms with E-state index in [1.165, 1.54) is 86.5 Å². The van der Waals surface area contributed by atoms with Gasteiger partial charge in [0.25, 0.3) is 0 Å². The predicted octanol–water partition coefficient (Wildman–Crippen LogP) is -29.7. The lowest BCUT2D eigenvalue weighted by Gasteiger charge is -2.36. The molecule has 0 aromatic rings. The highest BCUT2D eigenvalue weighted by Crippen LogP contribution is 2.16. The molecule has 137 heavy (non-hydrogen) atoms. The average molecular weight is 1950 g/mol. The third kappa shape index (κ3) is 50.6. The largest absolute Gasteiger partial charge is 0.549 e. The molecule has 0 aliphatic carbocycles. The van der Waals surface area contributed by atoms with Gasteiger partial charge < -0.3 is 161 Å². The first kappa shape index (κ1) is 118. The molecule has 0 bridgehead atoms. The van der Waals surface area contributed by atoms with Crippen LogP contribution in [0.2, 0.25) is 0 Å². The molecule has 56 nitrogen and oxygen atoms in total. The fourth-order valence-corrected chi connectivity index (χ4v) is 15.5. The van der Waals surface area contributed by atoms with E-state index in [4.69, 9.17) is 0 Å². The summed E-state index contributed by atoms with van der Waals surface area (Å²) in [7, 11) is 0. The standard InChI is InChI=1S/C81H140N24O32/c1-57(102-29-21-94(45-69(118)119)13-5-90(41-65(110)111)6-14-95(22-30-102)46-70(120)121)77(134)82-37-61(106)86-53-81(54-87-62(107)38-83-78(135)58(2)103-31-23-96(47-71(122)123)15-7-91(42-66(112)113)8-16-97(24-32-103)48-72(124)125,55-88-63(108)39-84-79(136)59(3)104-33-25-98(49-73(126)127)17-9-92(43-67(114)115)10-18-99(26-34-104)50-74(128)129)56-89-64(109)40-85-80(137)60(4)105-35-27-100(51-75(130)131)19-11-93(44-68(116)117)12-20-101(28-36-105)52-76(132)133/h57-60H,5-56H2,1-4H3,(H,82,134)(H,83,135)(H,84,136)(H,85,137)(H,86,106)(H,87,107)(H,88,108)(H,89,109)(H,110,111)(H,112,113)(H,114,115)(H,116,117)(H,118,119)(H,120,121)(H,122,123)(H,124,125)(H,126,127)(H,128,129)(H,130,131)(H,132,133)/p-12/t57-,58-,59-,60-/m1/s1. The van der Waals surface area contributed by atoms with Crippen LogP contribution < -0.4 is 104 Å². The maximum absolute atomic E-state index is 14.4. The van der Waals surface area contributed by atoms with Gasteiger partial charge in [0.1, 0.15) is 0 Å². The molecule has 0 radical (unpaired) electrons. The van der Waals surface area contributed by atoms with E-state index in [2.05, 4.69) is 42.5 Å². The topological polar surface area (TPSA) is 766 Å². The molecule has 4 fully saturated rings. The van der Waals surface area contributed by atoms with Crippen LogP contribution in [0.3, 0.4) is 0 Å². The van der Waals surface area contributed by atoms with Gasteiger partial charge in [0.15, 0.2) is 0 Å². The van der Waals surface area contributed by atoms with Gasteiger partial charge in [-0.1, -0.05) is 0 Å². The molecule has 4 aliphatic heterocycles. The van der Waals surface area contributed by atoms with Gasteiger partial charge in [-0.15, -0.1) is 0 Å². The lowest BCUT2D eigenvalue weighted by Crippen LogP contribution is -2.59. The van der Waals surface area contributed by atoms with Gasteiger partial charge in [-0.3, -0.25) is 117 Å². The normalized spacial score (nSPS) is 19.2. The van der Waals surface area contributed by atoms with Gasteiger partial charge in [0.05, 0.1) is 122 Å². The molecule has 776 valence electrons. The molecule has 0 aromatic heterocycles. The Labute approximate surface area is 791 Å². The van der Waals surface area contributed by atoms with Crippen LogP contribution >= 0.6 is 0 Å². The van der Waals surface area contributed by atoms with E-state index in [1.54, 1.807) is 19.6 Å². The first-order chi connectivity index (χ1) is 64.6. The maximum atomic E-state index is 14.4. The zero-order chi connectivity index (χ0) is 102. The van der Waals surface area contributed by atoms with E-state index < -0.39 is 279 Å². The van der Waals surface area contributed by atoms with E-state index >= 15 is 0 Å². The van der Waals surface area contributed by atoms with Crippen molar-refractivity contribution in [1.29, 1.82) is 0 Å². The van der Waals surface area contributed by atoms with Crippen LogP contribution in [0.15, 0.2) is 0 Å². The molecular weight excluding hydrogens is 1820 g/mol. The van der Waals surface area contributed by atoms with Crippen molar-refractivity contribution in [3.63, 3.8) is 0 Å². The SMILES string of the molecule is C[C@H](C(=O)NCC(=O)NCC(CNC(=O)CNC(=O)[C@@H](C)N1CCN(CC(=O)[O-])CCN(CC(=O)[O-])CCN(CC(=O)[O-])CC1)(CNC(=O)CNC(=O)[C@@H](C)N1CCN(CC(=O)[O-])CCN(CC(=O)[O-])CCN(CC(=O)[O-])CC1)CNC(=O)CNC(=O)[C@@H](C)N1CCN(CC(=O)[O-])CCN(CC(=O)[O-])CCN(CC(=O)[O-])CC1)N1CCN(CC(=O)[O-])CCN(CC(=O)[O-])CCN(CC(=O)[O-])CC1. The molecule has 8 N–H and O–H groups in total. The van der Waals surface area contributed by atoms with Crippen molar-refractivity contribution in [2.24, 2.45) is 5.41 Å². The summed E-state index contributed by atoms with van der Waals surface area (Å²) in [6, 6.07) is -4.76. The smallest absolute Gasteiger partial charge is 0.239 e. The van der Waals surface area contributed by atoms with Crippen LogP contribution in [0.5, 0.6) is 0 Å². The maximum Gasteiger partial charge on any atom is 0.239 e. The summed E-state index contributed by atoms with van der Waals surface area (Å²) in [6.45, 7) is -10.0. The molecule has 0 saturated carbocycles. The minimum Gasteiger partial charge on any atom is -0.549 e. The first-order valence-electron chi connectivity index (χ1n) is 44.8. The molecule has 56 heteroatoms. The Morgan fingerprint density at radius 1 is 0.182 bits per heavy atom. The first-order valence-corrected chi connectivity index (χ1v) is 44.8. The number of carboxylic acid groups (broad SMARTS) is 12. The number of nitrogens with zero attached hydrogens (tertiary/aromatic N) is 16. The summed E-state index contributed by atoms with van der Waals surface area (Å²) in [5.41, 5.74) is -1.93. The summed E-state index contributed by atoms with van der Waals surface area (Å²) in [5.74, 6) is -25.2. The van der Waals surface area contributed by atoms with Crippen LogP contribution in [0, 0.1) is 5.41 Å². The molecule has 4 aliphatic rings. The monoisotopic (exact) mass is 1950 g/mol. The number of nitrogens with one attached hydrogen (secondary N) is 8. The molecule has 8 amide bonds. The molecule has 0 unspecified atom stereocenters. The summed E-state index contributed by atoms with van der Waals surface area (Å²) in [6.07, 6.45) is 0. The van der Waals surface area contributed by atoms with Crippen LogP contribution in [0.4, 0.5) is 0 Å². The third-order valence-electron chi connectivity index (χ3n) is 23.8. The lowest BCUT2D eigenvalue weighted by atomic mass is 9.86. The quantitative estimate of drug-likeness (QED) is 0.0280. The molecule has 0 aromatic carbocycles. The molecule has 4 saturated heterocycles. The van der Waals surface area contributed by atoms with Crippen LogP contribution in [-0.4, -0.2) is 562 Å². The Bertz CT molecular complexity index is 3390. The number of carbonyl (C=O) groups is 20. The van der Waals surface area contributed by atoms with E-state index in [1.807, 2.05) is 0 Å². The molecule has 4 atom stereocenters. The Kier molecular flexibility index (Phi) is 53.9. The van der Waals surface area contributed by atoms with Gasteiger partial charge >= 0.3 is 0 Å². The number of rotatable bonds is 48. The van der Waals surface area contributed by atoms with Gasteiger partial charge in [-0.05, 0) is 27.7 Å². The number of carbonyl (C=O) groups excluding carboxylic acids is 20. The Balaban J connectivity index is 1.81. The van der Waals surface area contributed by atoms with Crippen molar-refractivity contribution < 1.29 is 157 Å². The third-order valence-corrected chi connectivity index (χ3v) is 23.8. The fraction of sp³-hybridized carbons (Fsp3) is 0.753. The Hall–Kier alpha value is -11.2. The second kappa shape index (κ2) is 62.6. The fourth-order valence-electron chi connectivity index (χ4n) is 15.5. The molecular formula is C81H128N24O32-12. The van der Waals surface area contributed by atoms with Crippen molar-refractivity contribution in [2.45, 2.75) is 51.9 Å². The van der Waals surface area contributed by atoms with Gasteiger partial charge in [0, 0.05) is 320 Å². The van der Waals surface area contributed by atoms with Crippen molar-refractivity contribution in [3.8, 4) is 0 Å². The number of amides is 8. The minimum absolute atomic E-state index is 0.0284. The minimum atomic E-state index is -1.93. The number of hydrogen-bond acceptors (Lipinski definition) is 48. The Morgan fingerprint density at radius 3 is 0.387 bits per heavy atom. The highest BCUT2D eigenvalue weighted by Gasteiger charge is 2.36. The van der Waals surface area contributed by atoms with Crippen molar-refractivity contribution in [1.82, 2.24) is 121 Å². The summed E-state index contributed by atoms with van der Waals surface area (Å²) in [4.78, 5) is 281. The predicted molar refractivity (Wildman–Crippen MR) is 448 cm³/mol. The summed E-state index contributed by atoms with van der Waals surface area (Å²) >= 11 is 0. The van der Waals surface area contributed by atoms with E-state index in [0.29, 0.717) is 0 Å². The summed E-state index contributed by atoms with van der Waals surface area (Å²) in [5, 5.41) is 163. The number of hydrogen-bond donors (Lipinski definition) is 8. The highest BCUT2D eigenvalue weighted by molar-refractivity contribution is 5.90. The highest BCUT2D eigenvalue weighted by atomic mass is 16.4. The average Bonchev–Trinajstić information content (AvgIpc) is 0.844. The van der Waals surface area contributed by atoms with Crippen molar-refractivity contribution in [2.75, 3.05) is 340 Å². The van der Waals surface area contributed by atoms with Crippen LogP contribution in [-0.2, 0) is 95.9 Å².